The molecule has 3 heteroatoms. The summed E-state index contributed by atoms with van der Waals surface area (Å²) in [6.45, 7) is 2.35. The summed E-state index contributed by atoms with van der Waals surface area (Å²) in [7, 11) is 0. The van der Waals surface area contributed by atoms with Crippen molar-refractivity contribution >= 4 is 11.8 Å². The number of rotatable bonds is 4. The van der Waals surface area contributed by atoms with Gasteiger partial charge < -0.3 is 10.1 Å². The molecule has 2 nitrogen and oxygen atoms in total. The molecule has 0 bridgehead atoms. The van der Waals surface area contributed by atoms with Gasteiger partial charge in [0.25, 0.3) is 0 Å². The molecular weight excluding hydrogens is 266 g/mol. The van der Waals surface area contributed by atoms with Crippen molar-refractivity contribution in [2.24, 2.45) is 5.92 Å². The second-order valence-electron chi connectivity index (χ2n) is 5.98. The highest BCUT2D eigenvalue weighted by atomic mass is 32.2. The van der Waals surface area contributed by atoms with Gasteiger partial charge in [0.15, 0.2) is 0 Å². The fraction of sp³-hybridized carbons (Fsp3) is 0.647. The molecule has 2 fully saturated rings. The van der Waals surface area contributed by atoms with Crippen LogP contribution in [-0.4, -0.2) is 30.7 Å². The summed E-state index contributed by atoms with van der Waals surface area (Å²) in [5.41, 5.74) is 1.40. The van der Waals surface area contributed by atoms with E-state index in [1.54, 1.807) is 0 Å². The van der Waals surface area contributed by atoms with E-state index in [9.17, 15) is 0 Å². The molecule has 20 heavy (non-hydrogen) atoms. The van der Waals surface area contributed by atoms with E-state index in [4.69, 9.17) is 4.74 Å². The topological polar surface area (TPSA) is 21.3 Å². The number of thioether (sulfide) groups is 1. The average Bonchev–Trinajstić information content (AvgIpc) is 2.51. The molecule has 2 saturated heterocycles. The molecule has 0 aromatic heterocycles. The maximum absolute atomic E-state index is 6.29. The minimum Gasteiger partial charge on any atom is -0.489 e. The zero-order chi connectivity index (χ0) is 13.6. The number of para-hydroxylation sites is 1. The van der Waals surface area contributed by atoms with Crippen LogP contribution in [0.4, 0.5) is 0 Å². The predicted molar refractivity (Wildman–Crippen MR) is 86.7 cm³/mol. The van der Waals surface area contributed by atoms with Crippen LogP contribution in [0.15, 0.2) is 24.3 Å². The number of nitrogens with one attached hydrogen (secondary N) is 1. The Labute approximate surface area is 126 Å². The summed E-state index contributed by atoms with van der Waals surface area (Å²) < 4.78 is 6.29. The molecule has 2 heterocycles. The van der Waals surface area contributed by atoms with E-state index < -0.39 is 0 Å². The summed E-state index contributed by atoms with van der Waals surface area (Å²) in [5.74, 6) is 4.36. The van der Waals surface area contributed by atoms with Crippen molar-refractivity contribution in [2.75, 3.05) is 24.6 Å². The zero-order valence-electron chi connectivity index (χ0n) is 12.1. The van der Waals surface area contributed by atoms with Crippen LogP contribution in [-0.2, 0) is 6.42 Å². The molecule has 0 amide bonds. The molecule has 2 aliphatic heterocycles. The summed E-state index contributed by atoms with van der Waals surface area (Å²) in [6.07, 6.45) is 6.74. The van der Waals surface area contributed by atoms with Crippen LogP contribution in [0.5, 0.6) is 5.75 Å². The first kappa shape index (κ1) is 14.3. The third-order valence-corrected chi connectivity index (χ3v) is 5.48. The fourth-order valence-corrected chi connectivity index (χ4v) is 4.22. The lowest BCUT2D eigenvalue weighted by Crippen LogP contribution is -2.31. The van der Waals surface area contributed by atoms with Crippen molar-refractivity contribution in [3.8, 4) is 5.75 Å². The lowest BCUT2D eigenvalue weighted by Gasteiger charge is -2.26. The van der Waals surface area contributed by atoms with E-state index in [1.807, 2.05) is 11.8 Å². The smallest absolute Gasteiger partial charge is 0.122 e. The Bertz CT molecular complexity index is 372. The van der Waals surface area contributed by atoms with Gasteiger partial charge in [-0.15, -0.1) is 0 Å². The van der Waals surface area contributed by atoms with Gasteiger partial charge in [-0.1, -0.05) is 18.2 Å². The molecule has 0 saturated carbocycles. The van der Waals surface area contributed by atoms with Gasteiger partial charge in [-0.25, -0.2) is 0 Å². The maximum Gasteiger partial charge on any atom is 0.122 e. The van der Waals surface area contributed by atoms with Gasteiger partial charge in [0.2, 0.25) is 0 Å². The average molecular weight is 291 g/mol. The van der Waals surface area contributed by atoms with Crippen LogP contribution < -0.4 is 10.1 Å². The van der Waals surface area contributed by atoms with Gasteiger partial charge in [-0.2, -0.15) is 11.8 Å². The van der Waals surface area contributed by atoms with Crippen LogP contribution in [0, 0.1) is 5.92 Å². The molecule has 1 N–H and O–H groups in total. The van der Waals surface area contributed by atoms with E-state index in [1.165, 1.54) is 43.5 Å². The summed E-state index contributed by atoms with van der Waals surface area (Å²) in [4.78, 5) is 0. The fourth-order valence-electron chi connectivity index (χ4n) is 3.18. The molecule has 1 aromatic carbocycles. The Kier molecular flexibility index (Phi) is 5.26. The van der Waals surface area contributed by atoms with Crippen molar-refractivity contribution in [2.45, 2.75) is 38.2 Å². The zero-order valence-corrected chi connectivity index (χ0v) is 13.0. The second kappa shape index (κ2) is 7.37. The molecule has 2 unspecified atom stereocenters. The monoisotopic (exact) mass is 291 g/mol. The van der Waals surface area contributed by atoms with Gasteiger partial charge in [-0.3, -0.25) is 0 Å². The van der Waals surface area contributed by atoms with Crippen LogP contribution in [0.25, 0.3) is 0 Å². The standard InChI is InChI=1S/C17H25NOS/c1-2-8-17(19-16-7-4-10-20-13-16)15(6-1)11-14-5-3-9-18-12-14/h1-2,6,8,14,16,18H,3-5,7,9-13H2. The summed E-state index contributed by atoms with van der Waals surface area (Å²) >= 11 is 2.03. The Balaban J connectivity index is 1.63. The highest BCUT2D eigenvalue weighted by molar-refractivity contribution is 7.99. The van der Waals surface area contributed by atoms with E-state index in [0.29, 0.717) is 6.10 Å². The normalized spacial score (nSPS) is 27.2. The first-order valence-electron chi connectivity index (χ1n) is 7.95. The second-order valence-corrected chi connectivity index (χ2v) is 7.13. The maximum atomic E-state index is 6.29. The molecular formula is C17H25NOS. The number of piperidine rings is 1. The molecule has 1 aromatic rings. The Morgan fingerprint density at radius 1 is 1.20 bits per heavy atom. The first-order valence-corrected chi connectivity index (χ1v) is 9.10. The van der Waals surface area contributed by atoms with E-state index in [2.05, 4.69) is 29.6 Å². The minimum atomic E-state index is 0.416. The number of ether oxygens (including phenoxy) is 1. The van der Waals surface area contributed by atoms with Gasteiger partial charge in [-0.05, 0) is 68.5 Å². The molecule has 0 spiro atoms. The van der Waals surface area contributed by atoms with Crippen molar-refractivity contribution < 1.29 is 4.74 Å². The number of benzene rings is 1. The molecule has 110 valence electrons. The van der Waals surface area contributed by atoms with Crippen LogP contribution >= 0.6 is 11.8 Å². The molecule has 3 rings (SSSR count). The molecule has 2 aliphatic rings. The highest BCUT2D eigenvalue weighted by Gasteiger charge is 2.19. The Hall–Kier alpha value is -0.670. The molecule has 0 aliphatic carbocycles. The highest BCUT2D eigenvalue weighted by Crippen LogP contribution is 2.28. The Morgan fingerprint density at radius 3 is 2.95 bits per heavy atom. The van der Waals surface area contributed by atoms with Crippen LogP contribution in [0.1, 0.15) is 31.2 Å². The van der Waals surface area contributed by atoms with Crippen molar-refractivity contribution in [1.82, 2.24) is 5.32 Å². The lowest BCUT2D eigenvalue weighted by atomic mass is 9.92. The third-order valence-electron chi connectivity index (χ3n) is 4.29. The lowest BCUT2D eigenvalue weighted by molar-refractivity contribution is 0.208. The van der Waals surface area contributed by atoms with E-state index >= 15 is 0 Å². The predicted octanol–water partition coefficient (Wildman–Crippen LogP) is 3.50. The van der Waals surface area contributed by atoms with Gasteiger partial charge in [0.1, 0.15) is 11.9 Å². The van der Waals surface area contributed by atoms with Gasteiger partial charge in [0.05, 0.1) is 0 Å². The Morgan fingerprint density at radius 2 is 2.15 bits per heavy atom. The van der Waals surface area contributed by atoms with Crippen LogP contribution in [0.2, 0.25) is 0 Å². The van der Waals surface area contributed by atoms with Gasteiger partial charge in [0, 0.05) is 5.75 Å². The van der Waals surface area contributed by atoms with Gasteiger partial charge >= 0.3 is 0 Å². The van der Waals surface area contributed by atoms with Crippen molar-refractivity contribution in [3.63, 3.8) is 0 Å². The van der Waals surface area contributed by atoms with E-state index in [0.717, 1.165) is 30.4 Å². The summed E-state index contributed by atoms with van der Waals surface area (Å²) in [5, 5.41) is 3.51. The first-order chi connectivity index (χ1) is 9.92. The molecule has 0 radical (unpaired) electrons. The van der Waals surface area contributed by atoms with Crippen LogP contribution in [0.3, 0.4) is 0 Å². The van der Waals surface area contributed by atoms with Crippen molar-refractivity contribution in [1.29, 1.82) is 0 Å². The third kappa shape index (κ3) is 3.92. The largest absolute Gasteiger partial charge is 0.489 e. The summed E-state index contributed by atoms with van der Waals surface area (Å²) in [6, 6.07) is 8.66. The number of hydrogen-bond donors (Lipinski definition) is 1. The van der Waals surface area contributed by atoms with E-state index in [-0.39, 0.29) is 0 Å². The number of hydrogen-bond acceptors (Lipinski definition) is 3. The minimum absolute atomic E-state index is 0.416. The quantitative estimate of drug-likeness (QED) is 0.917. The SMILES string of the molecule is c1ccc(OC2CCCSC2)c(CC2CCCNC2)c1. The van der Waals surface area contributed by atoms with Crippen molar-refractivity contribution in [3.05, 3.63) is 29.8 Å². The molecule has 2 atom stereocenters.